The van der Waals surface area contributed by atoms with Crippen LogP contribution in [0.25, 0.3) is 0 Å². The Morgan fingerprint density at radius 2 is 2.44 bits per heavy atom. The molecular formula is C12H15BrN2O3. The van der Waals surface area contributed by atoms with Crippen LogP contribution in [0.5, 0.6) is 5.88 Å². The second kappa shape index (κ2) is 6.04. The van der Waals surface area contributed by atoms with Crippen molar-refractivity contribution in [1.82, 2.24) is 9.88 Å². The van der Waals surface area contributed by atoms with Crippen molar-refractivity contribution in [2.75, 3.05) is 19.7 Å². The Labute approximate surface area is 114 Å². The van der Waals surface area contributed by atoms with E-state index in [9.17, 15) is 4.79 Å². The van der Waals surface area contributed by atoms with Crippen molar-refractivity contribution in [2.45, 2.75) is 19.4 Å². The molecule has 1 amide bonds. The van der Waals surface area contributed by atoms with E-state index >= 15 is 0 Å². The number of rotatable bonds is 3. The average molecular weight is 315 g/mol. The van der Waals surface area contributed by atoms with Crippen LogP contribution in [0.4, 0.5) is 4.79 Å². The van der Waals surface area contributed by atoms with E-state index in [1.165, 1.54) is 0 Å². The molecule has 5 nitrogen and oxygen atoms in total. The van der Waals surface area contributed by atoms with Crippen LogP contribution in [0.2, 0.25) is 0 Å². The number of aromatic nitrogens is 1. The molecule has 2 rings (SSSR count). The first kappa shape index (κ1) is 13.1. The number of hydrogen-bond acceptors (Lipinski definition) is 4. The summed E-state index contributed by atoms with van der Waals surface area (Å²) in [4.78, 5) is 17.3. The zero-order valence-corrected chi connectivity index (χ0v) is 11.7. The fourth-order valence-electron chi connectivity index (χ4n) is 1.81. The van der Waals surface area contributed by atoms with Gasteiger partial charge in [0, 0.05) is 29.7 Å². The molecule has 1 saturated heterocycles. The van der Waals surface area contributed by atoms with Gasteiger partial charge in [0.1, 0.15) is 6.10 Å². The molecule has 0 bridgehead atoms. The van der Waals surface area contributed by atoms with Gasteiger partial charge in [0.2, 0.25) is 5.88 Å². The van der Waals surface area contributed by atoms with Gasteiger partial charge in [-0.05, 0) is 28.9 Å². The normalized spacial score (nSPS) is 18.8. The summed E-state index contributed by atoms with van der Waals surface area (Å²) in [6.45, 7) is 3.42. The van der Waals surface area contributed by atoms with Crippen LogP contribution in [0, 0.1) is 0 Å². The highest BCUT2D eigenvalue weighted by Crippen LogP contribution is 2.18. The molecule has 1 atom stereocenters. The smallest absolute Gasteiger partial charge is 0.409 e. The summed E-state index contributed by atoms with van der Waals surface area (Å²) < 4.78 is 11.6. The molecule has 0 radical (unpaired) electrons. The SMILES string of the molecule is CCOC(=O)N1CCC(Oc2ccc(Br)cn2)C1. The van der Waals surface area contributed by atoms with Gasteiger partial charge in [-0.1, -0.05) is 0 Å². The first-order valence-corrected chi connectivity index (χ1v) is 6.68. The topological polar surface area (TPSA) is 51.7 Å². The van der Waals surface area contributed by atoms with E-state index in [4.69, 9.17) is 9.47 Å². The first-order valence-electron chi connectivity index (χ1n) is 5.89. The lowest BCUT2D eigenvalue weighted by atomic mass is 10.3. The van der Waals surface area contributed by atoms with E-state index in [-0.39, 0.29) is 12.2 Å². The Morgan fingerprint density at radius 1 is 1.61 bits per heavy atom. The Morgan fingerprint density at radius 3 is 3.11 bits per heavy atom. The predicted octanol–water partition coefficient (Wildman–Crippen LogP) is 2.45. The fraction of sp³-hybridized carbons (Fsp3) is 0.500. The van der Waals surface area contributed by atoms with Crippen molar-refractivity contribution in [1.29, 1.82) is 0 Å². The number of amides is 1. The highest BCUT2D eigenvalue weighted by Gasteiger charge is 2.28. The highest BCUT2D eigenvalue weighted by molar-refractivity contribution is 9.10. The second-order valence-electron chi connectivity index (χ2n) is 3.99. The molecule has 2 heterocycles. The third-order valence-electron chi connectivity index (χ3n) is 2.66. The van der Waals surface area contributed by atoms with Gasteiger partial charge in [0.05, 0.1) is 13.2 Å². The molecule has 6 heteroatoms. The third kappa shape index (κ3) is 3.35. The number of nitrogens with zero attached hydrogens (tertiary/aromatic N) is 2. The Hall–Kier alpha value is -1.30. The van der Waals surface area contributed by atoms with Crippen molar-refractivity contribution in [3.63, 3.8) is 0 Å². The summed E-state index contributed by atoms with van der Waals surface area (Å²) in [5.41, 5.74) is 0. The summed E-state index contributed by atoms with van der Waals surface area (Å²) in [5, 5.41) is 0. The number of halogens is 1. The molecular weight excluding hydrogens is 300 g/mol. The van der Waals surface area contributed by atoms with Crippen molar-refractivity contribution in [2.24, 2.45) is 0 Å². The van der Waals surface area contributed by atoms with Crippen molar-refractivity contribution in [3.8, 4) is 5.88 Å². The first-order chi connectivity index (χ1) is 8.69. The lowest BCUT2D eigenvalue weighted by molar-refractivity contribution is 0.109. The molecule has 0 N–H and O–H groups in total. The minimum Gasteiger partial charge on any atom is -0.472 e. The van der Waals surface area contributed by atoms with E-state index in [0.717, 1.165) is 10.9 Å². The molecule has 0 saturated carbocycles. The van der Waals surface area contributed by atoms with E-state index < -0.39 is 0 Å². The Bertz CT molecular complexity index is 410. The number of ether oxygens (including phenoxy) is 2. The summed E-state index contributed by atoms with van der Waals surface area (Å²) >= 11 is 3.32. The van der Waals surface area contributed by atoms with Gasteiger partial charge in [-0.25, -0.2) is 9.78 Å². The standard InChI is InChI=1S/C12H15BrN2O3/c1-2-17-12(16)15-6-5-10(8-15)18-11-4-3-9(13)7-14-11/h3-4,7,10H,2,5-6,8H2,1H3. The minimum atomic E-state index is -0.271. The van der Waals surface area contributed by atoms with Crippen molar-refractivity contribution in [3.05, 3.63) is 22.8 Å². The van der Waals surface area contributed by atoms with Gasteiger partial charge in [0.25, 0.3) is 0 Å². The molecule has 1 aliphatic rings. The average Bonchev–Trinajstić information content (AvgIpc) is 2.81. The number of hydrogen-bond donors (Lipinski definition) is 0. The zero-order chi connectivity index (χ0) is 13.0. The Kier molecular flexibility index (Phi) is 4.41. The molecule has 1 aromatic rings. The fourth-order valence-corrected chi connectivity index (χ4v) is 2.04. The van der Waals surface area contributed by atoms with Crippen molar-refractivity contribution >= 4 is 22.0 Å². The van der Waals surface area contributed by atoms with Crippen LogP contribution in [0.1, 0.15) is 13.3 Å². The van der Waals surface area contributed by atoms with E-state index in [1.807, 2.05) is 6.07 Å². The number of carbonyl (C=O) groups is 1. The van der Waals surface area contributed by atoms with Gasteiger partial charge in [-0.2, -0.15) is 0 Å². The molecule has 0 aliphatic carbocycles. The number of likely N-dealkylation sites (tertiary alicyclic amines) is 1. The van der Waals surface area contributed by atoms with E-state index in [1.54, 1.807) is 24.1 Å². The third-order valence-corrected chi connectivity index (χ3v) is 3.13. The quantitative estimate of drug-likeness (QED) is 0.860. The molecule has 1 unspecified atom stereocenters. The van der Waals surface area contributed by atoms with Crippen LogP contribution >= 0.6 is 15.9 Å². The number of carbonyl (C=O) groups excluding carboxylic acids is 1. The lowest BCUT2D eigenvalue weighted by Gasteiger charge is -2.16. The van der Waals surface area contributed by atoms with Gasteiger partial charge in [-0.3, -0.25) is 0 Å². The largest absolute Gasteiger partial charge is 0.472 e. The summed E-state index contributed by atoms with van der Waals surface area (Å²) in [5.74, 6) is 0.578. The van der Waals surface area contributed by atoms with Gasteiger partial charge in [-0.15, -0.1) is 0 Å². The van der Waals surface area contributed by atoms with Crippen LogP contribution < -0.4 is 4.74 Å². The molecule has 1 fully saturated rings. The minimum absolute atomic E-state index is 0.0110. The van der Waals surface area contributed by atoms with Gasteiger partial charge in [0.15, 0.2) is 0 Å². The molecule has 18 heavy (non-hydrogen) atoms. The summed E-state index contributed by atoms with van der Waals surface area (Å²) in [6, 6.07) is 3.68. The maximum Gasteiger partial charge on any atom is 0.409 e. The second-order valence-corrected chi connectivity index (χ2v) is 4.90. The predicted molar refractivity (Wildman–Crippen MR) is 69.6 cm³/mol. The van der Waals surface area contributed by atoms with Crippen LogP contribution in [-0.2, 0) is 4.74 Å². The van der Waals surface area contributed by atoms with Crippen LogP contribution in [0.15, 0.2) is 22.8 Å². The van der Waals surface area contributed by atoms with E-state index in [2.05, 4.69) is 20.9 Å². The molecule has 0 aromatic carbocycles. The lowest BCUT2D eigenvalue weighted by Crippen LogP contribution is -2.31. The molecule has 1 aromatic heterocycles. The molecule has 98 valence electrons. The van der Waals surface area contributed by atoms with Crippen LogP contribution in [-0.4, -0.2) is 41.8 Å². The maximum atomic E-state index is 11.5. The van der Waals surface area contributed by atoms with Gasteiger partial charge >= 0.3 is 6.09 Å². The Balaban J connectivity index is 1.86. The summed E-state index contributed by atoms with van der Waals surface area (Å²) in [6.07, 6.45) is 2.21. The van der Waals surface area contributed by atoms with E-state index in [0.29, 0.717) is 25.6 Å². The van der Waals surface area contributed by atoms with Crippen molar-refractivity contribution < 1.29 is 14.3 Å². The monoisotopic (exact) mass is 314 g/mol. The van der Waals surface area contributed by atoms with Crippen LogP contribution in [0.3, 0.4) is 0 Å². The summed E-state index contributed by atoms with van der Waals surface area (Å²) in [7, 11) is 0. The maximum absolute atomic E-state index is 11.5. The van der Waals surface area contributed by atoms with Gasteiger partial charge < -0.3 is 14.4 Å². The number of pyridine rings is 1. The highest BCUT2D eigenvalue weighted by atomic mass is 79.9. The zero-order valence-electron chi connectivity index (χ0n) is 10.1. The molecule has 1 aliphatic heterocycles. The molecule has 0 spiro atoms.